The van der Waals surface area contributed by atoms with Crippen molar-refractivity contribution in [2.45, 2.75) is 0 Å². The summed E-state index contributed by atoms with van der Waals surface area (Å²) in [7, 11) is 4.33. The number of primary amides is 1. The van der Waals surface area contributed by atoms with Gasteiger partial charge in [-0.2, -0.15) is 0 Å². The minimum atomic E-state index is -0.784. The van der Waals surface area contributed by atoms with Gasteiger partial charge in [-0.1, -0.05) is 0 Å². The SMILES string of the molecule is C[N+]1(C)CCN(CC(=O)NC(N)=O)CC1. The van der Waals surface area contributed by atoms with Crippen LogP contribution in [0.25, 0.3) is 0 Å². The van der Waals surface area contributed by atoms with Gasteiger partial charge in [-0.15, -0.1) is 0 Å². The summed E-state index contributed by atoms with van der Waals surface area (Å²) < 4.78 is 0.980. The van der Waals surface area contributed by atoms with Crippen LogP contribution in [0.1, 0.15) is 0 Å². The summed E-state index contributed by atoms with van der Waals surface area (Å²) in [5.41, 5.74) is 4.85. The largest absolute Gasteiger partial charge is 0.351 e. The lowest BCUT2D eigenvalue weighted by Gasteiger charge is -2.38. The molecule has 3 N–H and O–H groups in total. The van der Waals surface area contributed by atoms with Crippen LogP contribution < -0.4 is 11.1 Å². The molecule has 1 heterocycles. The van der Waals surface area contributed by atoms with Gasteiger partial charge in [0.05, 0.1) is 33.7 Å². The zero-order valence-corrected chi connectivity index (χ0v) is 9.32. The second-order valence-electron chi connectivity index (χ2n) is 4.57. The van der Waals surface area contributed by atoms with Crippen LogP contribution in [0.3, 0.4) is 0 Å². The molecule has 1 rings (SSSR count). The first-order valence-corrected chi connectivity index (χ1v) is 5.03. The van der Waals surface area contributed by atoms with E-state index in [2.05, 4.69) is 19.4 Å². The Morgan fingerprint density at radius 1 is 1.33 bits per heavy atom. The normalized spacial score (nSPS) is 20.9. The first kappa shape index (κ1) is 11.9. The lowest BCUT2D eigenvalue weighted by Crippen LogP contribution is -2.56. The Hall–Kier alpha value is -1.14. The third kappa shape index (κ3) is 4.26. The minimum absolute atomic E-state index is 0.253. The van der Waals surface area contributed by atoms with Gasteiger partial charge < -0.3 is 10.2 Å². The molecule has 3 amide bonds. The molecule has 0 aromatic carbocycles. The standard InChI is InChI=1S/C9H18N4O2/c1-13(2)5-3-12(4-6-13)7-8(14)11-9(10)15/h3-7H2,1-2H3,(H2-,10,11,14,15)/p+1. The zero-order valence-electron chi connectivity index (χ0n) is 9.32. The fourth-order valence-electron chi connectivity index (χ4n) is 1.59. The van der Waals surface area contributed by atoms with Crippen LogP contribution in [0.2, 0.25) is 0 Å². The van der Waals surface area contributed by atoms with Crippen LogP contribution in [-0.2, 0) is 4.79 Å². The van der Waals surface area contributed by atoms with Crippen LogP contribution in [0.5, 0.6) is 0 Å². The van der Waals surface area contributed by atoms with E-state index < -0.39 is 6.03 Å². The number of quaternary nitrogens is 1. The van der Waals surface area contributed by atoms with Crippen molar-refractivity contribution < 1.29 is 14.1 Å². The summed E-state index contributed by atoms with van der Waals surface area (Å²) in [6.45, 7) is 4.04. The van der Waals surface area contributed by atoms with Gasteiger partial charge in [-0.25, -0.2) is 4.79 Å². The third-order valence-electron chi connectivity index (χ3n) is 2.67. The van der Waals surface area contributed by atoms with Crippen molar-refractivity contribution in [3.63, 3.8) is 0 Å². The fourth-order valence-corrected chi connectivity index (χ4v) is 1.59. The summed E-state index contributed by atoms with van der Waals surface area (Å²) >= 11 is 0. The van der Waals surface area contributed by atoms with Crippen LogP contribution in [-0.4, -0.2) is 68.1 Å². The molecule has 0 aromatic rings. The van der Waals surface area contributed by atoms with Gasteiger partial charge in [0.15, 0.2) is 0 Å². The van der Waals surface area contributed by atoms with Crippen molar-refractivity contribution in [2.24, 2.45) is 5.73 Å². The first-order chi connectivity index (χ1) is 6.89. The molecular weight excluding hydrogens is 196 g/mol. The number of piperazine rings is 1. The summed E-state index contributed by atoms with van der Waals surface area (Å²) in [6.07, 6.45) is 0. The monoisotopic (exact) mass is 215 g/mol. The number of urea groups is 1. The van der Waals surface area contributed by atoms with Crippen LogP contribution >= 0.6 is 0 Å². The van der Waals surface area contributed by atoms with Gasteiger partial charge in [-0.05, 0) is 0 Å². The molecule has 1 fully saturated rings. The molecule has 1 aliphatic heterocycles. The molecule has 0 atom stereocenters. The number of rotatable bonds is 2. The molecule has 15 heavy (non-hydrogen) atoms. The molecule has 1 saturated heterocycles. The number of carbonyl (C=O) groups is 2. The molecule has 0 saturated carbocycles. The van der Waals surface area contributed by atoms with Crippen molar-refractivity contribution in [3.05, 3.63) is 0 Å². The summed E-state index contributed by atoms with van der Waals surface area (Å²) in [4.78, 5) is 23.7. The van der Waals surface area contributed by atoms with E-state index in [9.17, 15) is 9.59 Å². The Labute approximate surface area is 89.6 Å². The van der Waals surface area contributed by atoms with Crippen LogP contribution in [0.15, 0.2) is 0 Å². The van der Waals surface area contributed by atoms with Crippen molar-refractivity contribution in [2.75, 3.05) is 46.8 Å². The number of nitrogens with zero attached hydrogens (tertiary/aromatic N) is 2. The lowest BCUT2D eigenvalue weighted by molar-refractivity contribution is -0.894. The van der Waals surface area contributed by atoms with E-state index in [4.69, 9.17) is 5.73 Å². The molecule has 0 radical (unpaired) electrons. The number of imide groups is 1. The number of hydrogen-bond acceptors (Lipinski definition) is 3. The molecule has 0 aromatic heterocycles. The predicted molar refractivity (Wildman–Crippen MR) is 56.0 cm³/mol. The second kappa shape index (κ2) is 4.59. The Morgan fingerprint density at radius 2 is 1.87 bits per heavy atom. The smallest absolute Gasteiger partial charge is 0.318 e. The van der Waals surface area contributed by atoms with Crippen molar-refractivity contribution in [1.82, 2.24) is 10.2 Å². The fraction of sp³-hybridized carbons (Fsp3) is 0.778. The summed E-state index contributed by atoms with van der Waals surface area (Å²) in [5.74, 6) is -0.324. The number of carbonyl (C=O) groups excluding carboxylic acids is 2. The van der Waals surface area contributed by atoms with E-state index in [0.717, 1.165) is 30.7 Å². The molecule has 86 valence electrons. The molecule has 0 unspecified atom stereocenters. The van der Waals surface area contributed by atoms with E-state index in [1.165, 1.54) is 0 Å². The van der Waals surface area contributed by atoms with Gasteiger partial charge in [0.1, 0.15) is 0 Å². The molecular formula is C9H19N4O2+. The minimum Gasteiger partial charge on any atom is -0.351 e. The zero-order chi connectivity index (χ0) is 11.5. The maximum Gasteiger partial charge on any atom is 0.318 e. The number of nitrogens with one attached hydrogen (secondary N) is 1. The van der Waals surface area contributed by atoms with E-state index in [1.807, 2.05) is 4.90 Å². The van der Waals surface area contributed by atoms with Gasteiger partial charge in [0.2, 0.25) is 5.91 Å². The molecule has 0 bridgehead atoms. The Balaban J connectivity index is 2.29. The van der Waals surface area contributed by atoms with E-state index in [1.54, 1.807) is 0 Å². The maximum absolute atomic E-state index is 11.2. The second-order valence-corrected chi connectivity index (χ2v) is 4.57. The highest BCUT2D eigenvalue weighted by Gasteiger charge is 2.25. The quantitative estimate of drug-likeness (QED) is 0.555. The highest BCUT2D eigenvalue weighted by molar-refractivity contribution is 5.94. The predicted octanol–water partition coefficient (Wildman–Crippen LogP) is -1.43. The molecule has 6 nitrogen and oxygen atoms in total. The number of likely N-dealkylation sites (N-methyl/N-ethyl adjacent to an activating group) is 1. The average Bonchev–Trinajstić information content (AvgIpc) is 2.07. The summed E-state index contributed by atoms with van der Waals surface area (Å²) in [6, 6.07) is -0.784. The Kier molecular flexibility index (Phi) is 3.65. The highest BCUT2D eigenvalue weighted by Crippen LogP contribution is 2.05. The van der Waals surface area contributed by atoms with Gasteiger partial charge in [0.25, 0.3) is 0 Å². The van der Waals surface area contributed by atoms with Gasteiger partial charge >= 0.3 is 6.03 Å². The van der Waals surface area contributed by atoms with Crippen LogP contribution in [0.4, 0.5) is 4.79 Å². The molecule has 1 aliphatic rings. The number of hydrogen-bond donors (Lipinski definition) is 2. The first-order valence-electron chi connectivity index (χ1n) is 5.03. The van der Waals surface area contributed by atoms with E-state index >= 15 is 0 Å². The maximum atomic E-state index is 11.2. The topological polar surface area (TPSA) is 75.4 Å². The Morgan fingerprint density at radius 3 is 2.33 bits per heavy atom. The van der Waals surface area contributed by atoms with Gasteiger partial charge in [-0.3, -0.25) is 15.0 Å². The van der Waals surface area contributed by atoms with Crippen molar-refractivity contribution in [1.29, 1.82) is 0 Å². The highest BCUT2D eigenvalue weighted by atomic mass is 16.2. The Bertz CT molecular complexity index is 255. The summed E-state index contributed by atoms with van der Waals surface area (Å²) in [5, 5.41) is 2.06. The average molecular weight is 215 g/mol. The van der Waals surface area contributed by atoms with Crippen molar-refractivity contribution >= 4 is 11.9 Å². The number of amides is 3. The molecule has 6 heteroatoms. The molecule has 0 aliphatic carbocycles. The van der Waals surface area contributed by atoms with E-state index in [0.29, 0.717) is 0 Å². The molecule has 0 spiro atoms. The number of nitrogens with two attached hydrogens (primary N) is 1. The van der Waals surface area contributed by atoms with Crippen LogP contribution in [0, 0.1) is 0 Å². The third-order valence-corrected chi connectivity index (χ3v) is 2.67. The van der Waals surface area contributed by atoms with Gasteiger partial charge in [0, 0.05) is 13.1 Å². The van der Waals surface area contributed by atoms with Crippen molar-refractivity contribution in [3.8, 4) is 0 Å². The van der Waals surface area contributed by atoms with E-state index in [-0.39, 0.29) is 12.5 Å². The lowest BCUT2D eigenvalue weighted by atomic mass is 10.3.